The van der Waals surface area contributed by atoms with Crippen LogP contribution in [0.25, 0.3) is 0 Å². The van der Waals surface area contributed by atoms with E-state index in [0.29, 0.717) is 26.4 Å². The highest BCUT2D eigenvalue weighted by atomic mass is 79.9. The molecule has 0 unspecified atom stereocenters. The van der Waals surface area contributed by atoms with Crippen molar-refractivity contribution in [3.05, 3.63) is 50.4 Å². The third-order valence-electron chi connectivity index (χ3n) is 3.85. The predicted octanol–water partition coefficient (Wildman–Crippen LogP) is 6.82. The molecule has 0 spiro atoms. The molecule has 0 saturated carbocycles. The zero-order valence-electron chi connectivity index (χ0n) is 15.0. The van der Waals surface area contributed by atoms with Gasteiger partial charge in [0.25, 0.3) is 0 Å². The number of rotatable bonds is 7. The molecule has 0 aliphatic carbocycles. The molecule has 5 nitrogen and oxygen atoms in total. The summed E-state index contributed by atoms with van der Waals surface area (Å²) in [5, 5.41) is 10.2. The number of hydrogen-bond donors (Lipinski definition) is 1. The Morgan fingerprint density at radius 3 is 2.12 bits per heavy atom. The van der Waals surface area contributed by atoms with Crippen molar-refractivity contribution in [3.8, 4) is 17.2 Å². The molecule has 2 aromatic rings. The summed E-state index contributed by atoms with van der Waals surface area (Å²) >= 11 is 6.92. The Balaban J connectivity index is 2.30. The number of phenolic OH excluding ortho intramolecular Hbond substituents is 1. The Morgan fingerprint density at radius 1 is 1.08 bits per heavy atom. The van der Waals surface area contributed by atoms with Gasteiger partial charge in [0.1, 0.15) is 0 Å². The van der Waals surface area contributed by atoms with Crippen LogP contribution in [0.5, 0.6) is 17.2 Å². The van der Waals surface area contributed by atoms with E-state index in [0.717, 1.165) is 11.1 Å². The number of halogens is 2. The maximum atomic E-state index is 12.3. The fraction of sp³-hybridized carbons (Fsp3) is 0.333. The lowest BCUT2D eigenvalue weighted by atomic mass is 10.0. The Kier molecular flexibility index (Phi) is 7.34. The van der Waals surface area contributed by atoms with E-state index in [9.17, 15) is 9.67 Å². The lowest BCUT2D eigenvalue weighted by Crippen LogP contribution is -1.96. The predicted molar refractivity (Wildman–Crippen MR) is 109 cm³/mol. The van der Waals surface area contributed by atoms with E-state index in [-0.39, 0.29) is 11.9 Å². The quantitative estimate of drug-likeness (QED) is 0.416. The van der Waals surface area contributed by atoms with Crippen LogP contribution >= 0.6 is 39.5 Å². The SMILES string of the molecule is COP(=O)(Cc1cc(Br)c(Oc2ccc(C(C)C)cc2O)c(Br)c1)OC. The second-order valence-electron chi connectivity index (χ2n) is 6.01. The van der Waals surface area contributed by atoms with Gasteiger partial charge < -0.3 is 18.9 Å². The Labute approximate surface area is 170 Å². The zero-order valence-corrected chi connectivity index (χ0v) is 19.0. The van der Waals surface area contributed by atoms with E-state index in [1.54, 1.807) is 24.3 Å². The molecule has 0 aliphatic heterocycles. The summed E-state index contributed by atoms with van der Waals surface area (Å²) in [5.74, 6) is 1.24. The number of phenols is 1. The molecule has 0 aromatic heterocycles. The molecule has 0 amide bonds. The standard InChI is InChI=1S/C18H21Br2O5P/c1-11(2)13-5-6-17(16(21)9-13)25-18-14(19)7-12(8-15(18)20)10-26(22,23-3)24-4/h5-9,11,21H,10H2,1-4H3. The summed E-state index contributed by atoms with van der Waals surface area (Å²) in [6.07, 6.45) is 0.131. The summed E-state index contributed by atoms with van der Waals surface area (Å²) in [6, 6.07) is 8.92. The third kappa shape index (κ3) is 5.11. The third-order valence-corrected chi connectivity index (χ3v) is 6.90. The van der Waals surface area contributed by atoms with Crippen LogP contribution in [0, 0.1) is 0 Å². The van der Waals surface area contributed by atoms with Crippen molar-refractivity contribution in [2.24, 2.45) is 0 Å². The molecular formula is C18H21Br2O5P. The maximum Gasteiger partial charge on any atom is 0.334 e. The van der Waals surface area contributed by atoms with E-state index in [1.165, 1.54) is 14.2 Å². The van der Waals surface area contributed by atoms with Crippen LogP contribution in [0.2, 0.25) is 0 Å². The summed E-state index contributed by atoms with van der Waals surface area (Å²) in [5.41, 5.74) is 1.78. The number of hydrogen-bond acceptors (Lipinski definition) is 5. The maximum absolute atomic E-state index is 12.3. The van der Waals surface area contributed by atoms with Gasteiger partial charge in [0, 0.05) is 14.2 Å². The topological polar surface area (TPSA) is 65.0 Å². The molecule has 26 heavy (non-hydrogen) atoms. The van der Waals surface area contributed by atoms with Crippen LogP contribution in [-0.4, -0.2) is 19.3 Å². The van der Waals surface area contributed by atoms with E-state index in [1.807, 2.05) is 6.07 Å². The molecule has 0 bridgehead atoms. The highest BCUT2D eigenvalue weighted by molar-refractivity contribution is 9.11. The molecule has 0 fully saturated rings. The van der Waals surface area contributed by atoms with Gasteiger partial charge in [-0.05, 0) is 73.2 Å². The van der Waals surface area contributed by atoms with Crippen LogP contribution in [0.15, 0.2) is 39.3 Å². The van der Waals surface area contributed by atoms with Gasteiger partial charge >= 0.3 is 7.60 Å². The summed E-state index contributed by atoms with van der Waals surface area (Å²) in [6.45, 7) is 4.11. The molecule has 142 valence electrons. The monoisotopic (exact) mass is 506 g/mol. The van der Waals surface area contributed by atoms with Crippen LogP contribution in [0.4, 0.5) is 0 Å². The fourth-order valence-electron chi connectivity index (χ4n) is 2.32. The molecule has 2 aromatic carbocycles. The second-order valence-corrected chi connectivity index (χ2v) is 9.98. The van der Waals surface area contributed by atoms with Crippen molar-refractivity contribution in [1.29, 1.82) is 0 Å². The summed E-state index contributed by atoms with van der Waals surface area (Å²) < 4.78 is 29.4. The van der Waals surface area contributed by atoms with E-state index in [4.69, 9.17) is 13.8 Å². The van der Waals surface area contributed by atoms with E-state index < -0.39 is 7.60 Å². The first-order valence-corrected chi connectivity index (χ1v) is 11.2. The van der Waals surface area contributed by atoms with Gasteiger partial charge in [-0.3, -0.25) is 4.57 Å². The fourth-order valence-corrected chi connectivity index (χ4v) is 4.80. The normalized spacial score (nSPS) is 11.8. The largest absolute Gasteiger partial charge is 0.504 e. The van der Waals surface area contributed by atoms with Gasteiger partial charge in [0.05, 0.1) is 15.1 Å². The smallest absolute Gasteiger partial charge is 0.334 e. The summed E-state index contributed by atoms with van der Waals surface area (Å²) in [4.78, 5) is 0. The van der Waals surface area contributed by atoms with Gasteiger partial charge in [0.2, 0.25) is 0 Å². The molecule has 0 radical (unpaired) electrons. The Bertz CT molecular complexity index is 807. The van der Waals surface area contributed by atoms with Gasteiger partial charge in [-0.25, -0.2) is 0 Å². The first-order chi connectivity index (χ1) is 12.2. The molecule has 0 aliphatic rings. The van der Waals surface area contributed by atoms with Gasteiger partial charge in [-0.2, -0.15) is 0 Å². The van der Waals surface area contributed by atoms with Crippen LogP contribution in [0.3, 0.4) is 0 Å². The minimum absolute atomic E-state index is 0.0716. The lowest BCUT2D eigenvalue weighted by molar-refractivity contribution is 0.275. The number of benzene rings is 2. The molecular weight excluding hydrogens is 487 g/mol. The van der Waals surface area contributed by atoms with Crippen molar-refractivity contribution < 1.29 is 23.5 Å². The number of aromatic hydroxyl groups is 1. The summed E-state index contributed by atoms with van der Waals surface area (Å²) in [7, 11) is -0.457. The first kappa shape index (κ1) is 21.5. The molecule has 1 N–H and O–H groups in total. The lowest BCUT2D eigenvalue weighted by Gasteiger charge is -2.16. The van der Waals surface area contributed by atoms with Gasteiger partial charge in [-0.15, -0.1) is 0 Å². The van der Waals surface area contributed by atoms with Gasteiger partial charge in [-0.1, -0.05) is 19.9 Å². The van der Waals surface area contributed by atoms with Crippen molar-refractivity contribution >= 4 is 39.5 Å². The average Bonchev–Trinajstić information content (AvgIpc) is 2.59. The molecule has 0 atom stereocenters. The second kappa shape index (κ2) is 8.89. The van der Waals surface area contributed by atoms with Crippen LogP contribution in [0.1, 0.15) is 30.9 Å². The molecule has 8 heteroatoms. The Morgan fingerprint density at radius 2 is 1.65 bits per heavy atom. The highest BCUT2D eigenvalue weighted by Gasteiger charge is 2.23. The number of ether oxygens (including phenoxy) is 1. The minimum Gasteiger partial charge on any atom is -0.504 e. The first-order valence-electron chi connectivity index (χ1n) is 7.88. The minimum atomic E-state index is -3.17. The van der Waals surface area contributed by atoms with Crippen molar-refractivity contribution in [2.75, 3.05) is 14.2 Å². The van der Waals surface area contributed by atoms with Gasteiger partial charge in [0.15, 0.2) is 17.2 Å². The average molecular weight is 508 g/mol. The molecule has 0 heterocycles. The van der Waals surface area contributed by atoms with E-state index in [2.05, 4.69) is 45.7 Å². The van der Waals surface area contributed by atoms with Crippen molar-refractivity contribution in [3.63, 3.8) is 0 Å². The van der Waals surface area contributed by atoms with Crippen molar-refractivity contribution in [2.45, 2.75) is 25.9 Å². The highest BCUT2D eigenvalue weighted by Crippen LogP contribution is 2.51. The zero-order chi connectivity index (χ0) is 19.5. The van der Waals surface area contributed by atoms with Crippen LogP contribution < -0.4 is 4.74 Å². The van der Waals surface area contributed by atoms with Crippen LogP contribution in [-0.2, 0) is 19.8 Å². The molecule has 2 rings (SSSR count). The Hall–Kier alpha value is -0.850. The molecule has 0 saturated heterocycles. The van der Waals surface area contributed by atoms with E-state index >= 15 is 0 Å². The van der Waals surface area contributed by atoms with Crippen molar-refractivity contribution in [1.82, 2.24) is 0 Å².